The number of carbonyl (C=O) groups is 1. The average Bonchev–Trinajstić information content (AvgIpc) is 2.85. The lowest BCUT2D eigenvalue weighted by molar-refractivity contribution is -0.137. The zero-order valence-corrected chi connectivity index (χ0v) is 10.6. The number of hydrogen-bond donors (Lipinski definition) is 0. The number of pyridine rings is 1. The summed E-state index contributed by atoms with van der Waals surface area (Å²) in [5.74, 6) is 0.432. The molecular weight excluding hydrogens is 281 g/mol. The summed E-state index contributed by atoms with van der Waals surface area (Å²) >= 11 is 0. The van der Waals surface area contributed by atoms with Gasteiger partial charge >= 0.3 is 6.18 Å². The summed E-state index contributed by atoms with van der Waals surface area (Å²) in [7, 11) is 0. The molecule has 6 heteroatoms. The number of alkyl halides is 3. The topological polar surface area (TPSA) is 34.4 Å². The molecule has 2 heterocycles. The molecule has 0 saturated carbocycles. The van der Waals surface area contributed by atoms with Crippen LogP contribution >= 0.6 is 0 Å². The van der Waals surface area contributed by atoms with E-state index in [1.165, 1.54) is 12.1 Å². The number of nitrogens with zero attached hydrogens (tertiary/aromatic N) is 2. The minimum atomic E-state index is -4.37. The predicted octanol–water partition coefficient (Wildman–Crippen LogP) is 3.83. The maximum absolute atomic E-state index is 12.6. The van der Waals surface area contributed by atoms with E-state index in [0.29, 0.717) is 23.2 Å². The van der Waals surface area contributed by atoms with Crippen LogP contribution in [0.4, 0.5) is 13.2 Å². The fourth-order valence-electron chi connectivity index (χ4n) is 2.16. The Bertz CT molecular complexity index is 804. The molecule has 0 bridgehead atoms. The van der Waals surface area contributed by atoms with Crippen LogP contribution in [-0.4, -0.2) is 15.7 Å². The summed E-state index contributed by atoms with van der Waals surface area (Å²) < 4.78 is 39.4. The Balaban J connectivity index is 2.15. The molecule has 1 aromatic carbocycles. The molecule has 2 aromatic heterocycles. The van der Waals surface area contributed by atoms with Gasteiger partial charge in [0.05, 0.1) is 11.1 Å². The van der Waals surface area contributed by atoms with Gasteiger partial charge in [-0.2, -0.15) is 13.2 Å². The van der Waals surface area contributed by atoms with Crippen molar-refractivity contribution in [2.24, 2.45) is 0 Å². The second kappa shape index (κ2) is 4.73. The standard InChI is InChI=1S/C15H9F3N2O/c16-15(17,18)11-6-4-10(5-7-11)14-19-12(9-21)13-3-1-2-8-20(13)14/h1-9H. The van der Waals surface area contributed by atoms with Crippen LogP contribution < -0.4 is 0 Å². The third-order valence-electron chi connectivity index (χ3n) is 3.16. The highest BCUT2D eigenvalue weighted by atomic mass is 19.4. The van der Waals surface area contributed by atoms with Crippen molar-refractivity contribution in [1.29, 1.82) is 0 Å². The largest absolute Gasteiger partial charge is 0.416 e. The summed E-state index contributed by atoms with van der Waals surface area (Å²) in [6.45, 7) is 0. The highest BCUT2D eigenvalue weighted by Crippen LogP contribution is 2.31. The minimum absolute atomic E-state index is 0.255. The first-order chi connectivity index (χ1) is 10.0. The summed E-state index contributed by atoms with van der Waals surface area (Å²) in [4.78, 5) is 15.2. The van der Waals surface area contributed by atoms with Crippen LogP contribution in [0.1, 0.15) is 16.1 Å². The Kier molecular flexibility index (Phi) is 3.01. The van der Waals surface area contributed by atoms with E-state index in [9.17, 15) is 18.0 Å². The Morgan fingerprint density at radius 3 is 2.38 bits per heavy atom. The molecule has 3 aromatic rings. The van der Waals surface area contributed by atoms with Crippen molar-refractivity contribution in [3.05, 3.63) is 59.9 Å². The fraction of sp³-hybridized carbons (Fsp3) is 0.0667. The van der Waals surface area contributed by atoms with E-state index in [1.807, 2.05) is 0 Å². The number of benzene rings is 1. The van der Waals surface area contributed by atoms with Crippen LogP contribution in [0.15, 0.2) is 48.7 Å². The van der Waals surface area contributed by atoms with Crippen molar-refractivity contribution >= 4 is 11.8 Å². The quantitative estimate of drug-likeness (QED) is 0.672. The van der Waals surface area contributed by atoms with Gasteiger partial charge in [0.1, 0.15) is 11.5 Å². The maximum Gasteiger partial charge on any atom is 0.416 e. The molecular formula is C15H9F3N2O. The van der Waals surface area contributed by atoms with E-state index in [4.69, 9.17) is 0 Å². The molecule has 0 radical (unpaired) electrons. The first-order valence-corrected chi connectivity index (χ1v) is 6.10. The number of carbonyl (C=O) groups excluding carboxylic acids is 1. The first kappa shape index (κ1) is 13.4. The van der Waals surface area contributed by atoms with Crippen molar-refractivity contribution in [1.82, 2.24) is 9.38 Å². The zero-order chi connectivity index (χ0) is 15.0. The van der Waals surface area contributed by atoms with Crippen LogP contribution in [0.5, 0.6) is 0 Å². The molecule has 0 N–H and O–H groups in total. The number of imidazole rings is 1. The molecule has 0 spiro atoms. The molecule has 0 saturated heterocycles. The van der Waals surface area contributed by atoms with Gasteiger partial charge in [-0.3, -0.25) is 9.20 Å². The SMILES string of the molecule is O=Cc1nc(-c2ccc(C(F)(F)F)cc2)n2ccccc12. The van der Waals surface area contributed by atoms with Gasteiger partial charge in [0, 0.05) is 11.8 Å². The molecule has 21 heavy (non-hydrogen) atoms. The molecule has 3 nitrogen and oxygen atoms in total. The van der Waals surface area contributed by atoms with Gasteiger partial charge in [-0.1, -0.05) is 18.2 Å². The summed E-state index contributed by atoms with van der Waals surface area (Å²) in [6, 6.07) is 9.94. The van der Waals surface area contributed by atoms with Crippen molar-refractivity contribution in [2.75, 3.05) is 0 Å². The third kappa shape index (κ3) is 2.29. The Hall–Kier alpha value is -2.63. The smallest absolute Gasteiger partial charge is 0.299 e. The van der Waals surface area contributed by atoms with Crippen LogP contribution in [0.25, 0.3) is 16.9 Å². The van der Waals surface area contributed by atoms with Gasteiger partial charge in [0.25, 0.3) is 0 Å². The third-order valence-corrected chi connectivity index (χ3v) is 3.16. The number of halogens is 3. The second-order valence-corrected chi connectivity index (χ2v) is 4.47. The minimum Gasteiger partial charge on any atom is -0.299 e. The Morgan fingerprint density at radius 1 is 1.05 bits per heavy atom. The molecule has 3 rings (SSSR count). The lowest BCUT2D eigenvalue weighted by Gasteiger charge is -2.07. The molecule has 0 amide bonds. The van der Waals surface area contributed by atoms with E-state index in [-0.39, 0.29) is 5.69 Å². The molecule has 0 aliphatic heterocycles. The fourth-order valence-corrected chi connectivity index (χ4v) is 2.16. The number of rotatable bonds is 2. The molecule has 106 valence electrons. The first-order valence-electron chi connectivity index (χ1n) is 6.10. The number of hydrogen-bond acceptors (Lipinski definition) is 2. The van der Waals surface area contributed by atoms with E-state index >= 15 is 0 Å². The second-order valence-electron chi connectivity index (χ2n) is 4.47. The van der Waals surface area contributed by atoms with Crippen molar-refractivity contribution in [2.45, 2.75) is 6.18 Å². The number of aldehydes is 1. The Labute approximate surface area is 117 Å². The van der Waals surface area contributed by atoms with Crippen LogP contribution in [0.2, 0.25) is 0 Å². The summed E-state index contributed by atoms with van der Waals surface area (Å²) in [5.41, 5.74) is 0.660. The van der Waals surface area contributed by atoms with Crippen LogP contribution in [0.3, 0.4) is 0 Å². The van der Waals surface area contributed by atoms with E-state index in [2.05, 4.69) is 4.98 Å². The summed E-state index contributed by atoms with van der Waals surface area (Å²) in [6.07, 6.45) is -2.04. The summed E-state index contributed by atoms with van der Waals surface area (Å²) in [5, 5.41) is 0. The number of aromatic nitrogens is 2. The van der Waals surface area contributed by atoms with E-state index in [1.54, 1.807) is 28.8 Å². The monoisotopic (exact) mass is 290 g/mol. The normalized spacial score (nSPS) is 11.8. The van der Waals surface area contributed by atoms with Crippen molar-refractivity contribution in [3.63, 3.8) is 0 Å². The molecule has 0 aliphatic carbocycles. The molecule has 0 aliphatic rings. The van der Waals surface area contributed by atoms with Crippen LogP contribution in [-0.2, 0) is 6.18 Å². The van der Waals surface area contributed by atoms with E-state index in [0.717, 1.165) is 12.1 Å². The lowest BCUT2D eigenvalue weighted by Crippen LogP contribution is -2.04. The van der Waals surface area contributed by atoms with E-state index < -0.39 is 11.7 Å². The lowest BCUT2D eigenvalue weighted by atomic mass is 10.1. The van der Waals surface area contributed by atoms with Gasteiger partial charge < -0.3 is 0 Å². The van der Waals surface area contributed by atoms with Gasteiger partial charge in [0.15, 0.2) is 6.29 Å². The number of fused-ring (bicyclic) bond motifs is 1. The maximum atomic E-state index is 12.6. The van der Waals surface area contributed by atoms with Gasteiger partial charge in [-0.05, 0) is 24.3 Å². The van der Waals surface area contributed by atoms with Gasteiger partial charge in [-0.25, -0.2) is 4.98 Å². The molecule has 0 atom stereocenters. The highest BCUT2D eigenvalue weighted by molar-refractivity contribution is 5.85. The van der Waals surface area contributed by atoms with Crippen LogP contribution in [0, 0.1) is 0 Å². The zero-order valence-electron chi connectivity index (χ0n) is 10.6. The van der Waals surface area contributed by atoms with Gasteiger partial charge in [0.2, 0.25) is 0 Å². The van der Waals surface area contributed by atoms with Crippen molar-refractivity contribution < 1.29 is 18.0 Å². The Morgan fingerprint density at radius 2 is 1.76 bits per heavy atom. The highest BCUT2D eigenvalue weighted by Gasteiger charge is 2.30. The predicted molar refractivity (Wildman–Crippen MR) is 71.0 cm³/mol. The van der Waals surface area contributed by atoms with Gasteiger partial charge in [-0.15, -0.1) is 0 Å². The molecule has 0 fully saturated rings. The average molecular weight is 290 g/mol. The molecule has 0 unspecified atom stereocenters. The van der Waals surface area contributed by atoms with Crippen molar-refractivity contribution in [3.8, 4) is 11.4 Å².